The van der Waals surface area contributed by atoms with Crippen LogP contribution in [-0.4, -0.2) is 17.0 Å². The number of ether oxygens (including phenoxy) is 1. The van der Waals surface area contributed by atoms with Crippen molar-refractivity contribution in [3.8, 4) is 11.6 Å². The van der Waals surface area contributed by atoms with Gasteiger partial charge in [-0.15, -0.1) is 0 Å². The molecule has 21 heavy (non-hydrogen) atoms. The number of benzene rings is 1. The summed E-state index contributed by atoms with van der Waals surface area (Å²) in [7, 11) is 1.83. The fourth-order valence-electron chi connectivity index (χ4n) is 2.08. The van der Waals surface area contributed by atoms with E-state index in [0.29, 0.717) is 5.88 Å². The maximum Gasteiger partial charge on any atom is 0.227 e. The number of nitrogens with one attached hydrogen (secondary N) is 1. The maximum atomic E-state index is 5.86. The summed E-state index contributed by atoms with van der Waals surface area (Å²) in [6.45, 7) is 8.64. The molecule has 2 rings (SSSR count). The molecule has 1 aromatic heterocycles. The Morgan fingerprint density at radius 3 is 2.38 bits per heavy atom. The molecule has 4 nitrogen and oxygen atoms in total. The fourth-order valence-corrected chi connectivity index (χ4v) is 2.08. The van der Waals surface area contributed by atoms with Crippen molar-refractivity contribution < 1.29 is 4.74 Å². The number of rotatable bonds is 5. The van der Waals surface area contributed by atoms with Crippen LogP contribution in [0.4, 0.5) is 5.82 Å². The van der Waals surface area contributed by atoms with Crippen molar-refractivity contribution in [3.63, 3.8) is 0 Å². The zero-order chi connectivity index (χ0) is 15.5. The molecule has 0 radical (unpaired) electrons. The molecule has 0 unspecified atom stereocenters. The third kappa shape index (κ3) is 3.32. The van der Waals surface area contributed by atoms with Crippen molar-refractivity contribution in [2.24, 2.45) is 0 Å². The number of anilines is 1. The van der Waals surface area contributed by atoms with Gasteiger partial charge in [0.25, 0.3) is 0 Å². The summed E-state index contributed by atoms with van der Waals surface area (Å²) in [5.74, 6) is 2.15. The molecular weight excluding hydrogens is 262 g/mol. The Hall–Kier alpha value is -2.10. The largest absolute Gasteiger partial charge is 0.439 e. The van der Waals surface area contributed by atoms with Gasteiger partial charge in [0.1, 0.15) is 17.9 Å². The number of hydrogen-bond donors (Lipinski definition) is 1. The van der Waals surface area contributed by atoms with Gasteiger partial charge in [-0.25, -0.2) is 9.97 Å². The minimum atomic E-state index is 0.183. The van der Waals surface area contributed by atoms with Gasteiger partial charge in [0.05, 0.1) is 5.56 Å². The van der Waals surface area contributed by atoms with E-state index in [-0.39, 0.29) is 5.41 Å². The quantitative estimate of drug-likeness (QED) is 0.889. The van der Waals surface area contributed by atoms with Crippen LogP contribution >= 0.6 is 0 Å². The second-order valence-corrected chi connectivity index (χ2v) is 5.77. The van der Waals surface area contributed by atoms with Crippen LogP contribution in [0.5, 0.6) is 11.6 Å². The molecule has 0 spiro atoms. The van der Waals surface area contributed by atoms with Gasteiger partial charge in [0.2, 0.25) is 5.88 Å². The molecule has 2 aromatic rings. The van der Waals surface area contributed by atoms with Crippen LogP contribution in [-0.2, 0) is 5.41 Å². The average molecular weight is 285 g/mol. The lowest BCUT2D eigenvalue weighted by Crippen LogP contribution is -2.14. The second-order valence-electron chi connectivity index (χ2n) is 5.77. The van der Waals surface area contributed by atoms with Gasteiger partial charge in [-0.3, -0.25) is 0 Å². The van der Waals surface area contributed by atoms with Gasteiger partial charge in [-0.1, -0.05) is 32.9 Å². The summed E-state index contributed by atoms with van der Waals surface area (Å²) >= 11 is 0. The Morgan fingerprint density at radius 2 is 1.81 bits per heavy atom. The Kier molecular flexibility index (Phi) is 4.46. The normalized spacial score (nSPS) is 11.3. The van der Waals surface area contributed by atoms with Crippen molar-refractivity contribution in [2.45, 2.75) is 39.5 Å². The van der Waals surface area contributed by atoms with E-state index in [2.05, 4.69) is 48.2 Å². The lowest BCUT2D eigenvalue weighted by molar-refractivity contribution is 0.455. The van der Waals surface area contributed by atoms with Crippen LogP contribution in [0.1, 0.15) is 38.3 Å². The van der Waals surface area contributed by atoms with Crippen LogP contribution in [0.15, 0.2) is 30.6 Å². The van der Waals surface area contributed by atoms with Gasteiger partial charge in [-0.05, 0) is 36.5 Å². The summed E-state index contributed by atoms with van der Waals surface area (Å²) in [6.07, 6.45) is 2.60. The van der Waals surface area contributed by atoms with Crippen molar-refractivity contribution in [2.75, 3.05) is 12.4 Å². The van der Waals surface area contributed by atoms with Crippen LogP contribution < -0.4 is 10.1 Å². The molecule has 1 aromatic carbocycles. The zero-order valence-corrected chi connectivity index (χ0v) is 13.4. The van der Waals surface area contributed by atoms with E-state index in [1.807, 2.05) is 26.1 Å². The van der Waals surface area contributed by atoms with Gasteiger partial charge in [-0.2, -0.15) is 0 Å². The van der Waals surface area contributed by atoms with Gasteiger partial charge in [0, 0.05) is 7.05 Å². The van der Waals surface area contributed by atoms with Gasteiger partial charge >= 0.3 is 0 Å². The van der Waals surface area contributed by atoms with Crippen molar-refractivity contribution in [1.82, 2.24) is 9.97 Å². The molecule has 0 atom stereocenters. The van der Waals surface area contributed by atoms with Crippen molar-refractivity contribution >= 4 is 5.82 Å². The first-order valence-electron chi connectivity index (χ1n) is 7.25. The van der Waals surface area contributed by atoms with Gasteiger partial charge < -0.3 is 10.1 Å². The standard InChI is InChI=1S/C17H23N3O/c1-6-17(3,4)13-7-9-14(10-8-13)21-16-12(2)15(18-5)19-11-20-16/h7-11H,6H2,1-5H3,(H,18,19,20). The molecule has 1 N–H and O–H groups in total. The predicted molar refractivity (Wildman–Crippen MR) is 86.1 cm³/mol. The molecular formula is C17H23N3O. The van der Waals surface area contributed by atoms with Gasteiger partial charge in [0.15, 0.2) is 0 Å². The Labute approximate surface area is 126 Å². The highest BCUT2D eigenvalue weighted by molar-refractivity contribution is 5.48. The van der Waals surface area contributed by atoms with Crippen molar-refractivity contribution in [3.05, 3.63) is 41.7 Å². The first kappa shape index (κ1) is 15.3. The average Bonchev–Trinajstić information content (AvgIpc) is 2.50. The van der Waals surface area contributed by atoms with Crippen LogP contribution in [0.2, 0.25) is 0 Å². The van der Waals surface area contributed by atoms with E-state index >= 15 is 0 Å². The highest BCUT2D eigenvalue weighted by Gasteiger charge is 2.17. The lowest BCUT2D eigenvalue weighted by atomic mass is 9.82. The highest BCUT2D eigenvalue weighted by Crippen LogP contribution is 2.30. The molecule has 0 bridgehead atoms. The first-order valence-corrected chi connectivity index (χ1v) is 7.25. The number of nitrogens with zero attached hydrogens (tertiary/aromatic N) is 2. The highest BCUT2D eigenvalue weighted by atomic mass is 16.5. The molecule has 112 valence electrons. The minimum Gasteiger partial charge on any atom is -0.439 e. The Bertz CT molecular complexity index is 606. The monoisotopic (exact) mass is 285 g/mol. The molecule has 0 amide bonds. The third-order valence-corrected chi connectivity index (χ3v) is 4.01. The Balaban J connectivity index is 2.22. The Morgan fingerprint density at radius 1 is 1.14 bits per heavy atom. The van der Waals surface area contributed by atoms with E-state index in [1.54, 1.807) is 0 Å². The molecule has 1 heterocycles. The van der Waals surface area contributed by atoms with Crippen LogP contribution in [0, 0.1) is 6.92 Å². The molecule has 0 fully saturated rings. The molecule has 0 aliphatic rings. The SMILES string of the molecule is CCC(C)(C)c1ccc(Oc2ncnc(NC)c2C)cc1. The molecule has 0 saturated heterocycles. The molecule has 4 heteroatoms. The molecule has 0 aliphatic carbocycles. The predicted octanol–water partition coefficient (Wildman–Crippen LogP) is 4.31. The molecule has 0 saturated carbocycles. The number of aromatic nitrogens is 2. The maximum absolute atomic E-state index is 5.86. The summed E-state index contributed by atoms with van der Waals surface area (Å²) in [6, 6.07) is 8.23. The van der Waals surface area contributed by atoms with E-state index < -0.39 is 0 Å². The summed E-state index contributed by atoms with van der Waals surface area (Å²) in [4.78, 5) is 8.35. The third-order valence-electron chi connectivity index (χ3n) is 4.01. The van der Waals surface area contributed by atoms with Crippen LogP contribution in [0.25, 0.3) is 0 Å². The molecule has 0 aliphatic heterocycles. The number of hydrogen-bond acceptors (Lipinski definition) is 4. The minimum absolute atomic E-state index is 0.183. The van der Waals surface area contributed by atoms with E-state index in [4.69, 9.17) is 4.74 Å². The smallest absolute Gasteiger partial charge is 0.227 e. The van der Waals surface area contributed by atoms with E-state index in [0.717, 1.165) is 23.6 Å². The van der Waals surface area contributed by atoms with E-state index in [1.165, 1.54) is 11.9 Å². The summed E-state index contributed by atoms with van der Waals surface area (Å²) < 4.78 is 5.86. The fraction of sp³-hybridized carbons (Fsp3) is 0.412. The summed E-state index contributed by atoms with van der Waals surface area (Å²) in [5, 5.41) is 3.03. The zero-order valence-electron chi connectivity index (χ0n) is 13.4. The first-order chi connectivity index (χ1) is 9.97. The lowest BCUT2D eigenvalue weighted by Gasteiger charge is -2.23. The van der Waals surface area contributed by atoms with Crippen molar-refractivity contribution in [1.29, 1.82) is 0 Å². The van der Waals surface area contributed by atoms with E-state index in [9.17, 15) is 0 Å². The van der Waals surface area contributed by atoms with Crippen LogP contribution in [0.3, 0.4) is 0 Å². The topological polar surface area (TPSA) is 47.0 Å². The second kappa shape index (κ2) is 6.12. The summed E-state index contributed by atoms with van der Waals surface area (Å²) in [5.41, 5.74) is 2.40.